The molecule has 222 valence electrons. The van der Waals surface area contributed by atoms with Crippen LogP contribution in [0.1, 0.15) is 51.5 Å². The van der Waals surface area contributed by atoms with Crippen molar-refractivity contribution in [2.24, 2.45) is 0 Å². The predicted octanol–water partition coefficient (Wildman–Crippen LogP) is 3.76. The summed E-state index contributed by atoms with van der Waals surface area (Å²) in [5.41, 5.74) is 11.8. The van der Waals surface area contributed by atoms with Crippen molar-refractivity contribution in [1.82, 2.24) is 15.5 Å². The van der Waals surface area contributed by atoms with Crippen molar-refractivity contribution < 1.29 is 19.5 Å². The van der Waals surface area contributed by atoms with Gasteiger partial charge in [-0.3, -0.25) is 14.4 Å². The van der Waals surface area contributed by atoms with E-state index in [0.717, 1.165) is 40.7 Å². The SMILES string of the molecule is CCCc1c(C)cccc1C(=O)N[C@@H](Cc1ccccc1)[C@H](O)C(=O)N1CSC[C@H]1C(=O)NCc1cccc(N)c1C. The van der Waals surface area contributed by atoms with Crippen molar-refractivity contribution >= 4 is 35.2 Å². The number of rotatable bonds is 11. The Balaban J connectivity index is 1.52. The Morgan fingerprint density at radius 3 is 2.52 bits per heavy atom. The van der Waals surface area contributed by atoms with Crippen LogP contribution in [0.25, 0.3) is 0 Å². The average Bonchev–Trinajstić information content (AvgIpc) is 3.48. The number of carbonyl (C=O) groups excluding carboxylic acids is 3. The maximum absolute atomic E-state index is 13.7. The first-order chi connectivity index (χ1) is 20.2. The number of thioether (sulfide) groups is 1. The van der Waals surface area contributed by atoms with Crippen molar-refractivity contribution in [2.45, 2.75) is 64.8 Å². The monoisotopic (exact) mass is 588 g/mol. The van der Waals surface area contributed by atoms with Crippen LogP contribution in [0.4, 0.5) is 5.69 Å². The molecule has 4 rings (SSSR count). The summed E-state index contributed by atoms with van der Waals surface area (Å²) >= 11 is 1.45. The van der Waals surface area contributed by atoms with Crippen molar-refractivity contribution in [3.8, 4) is 0 Å². The van der Waals surface area contributed by atoms with Crippen molar-refractivity contribution in [1.29, 1.82) is 0 Å². The topological polar surface area (TPSA) is 125 Å². The maximum Gasteiger partial charge on any atom is 0.254 e. The zero-order valence-corrected chi connectivity index (χ0v) is 25.2. The summed E-state index contributed by atoms with van der Waals surface area (Å²) in [5, 5.41) is 17.3. The molecule has 3 aromatic rings. The van der Waals surface area contributed by atoms with Gasteiger partial charge in [-0.25, -0.2) is 0 Å². The second-order valence-electron chi connectivity index (χ2n) is 10.7. The molecule has 42 heavy (non-hydrogen) atoms. The minimum Gasteiger partial charge on any atom is -0.399 e. The van der Waals surface area contributed by atoms with Crippen LogP contribution in [-0.4, -0.2) is 57.5 Å². The van der Waals surface area contributed by atoms with Gasteiger partial charge in [-0.1, -0.05) is 67.9 Å². The Morgan fingerprint density at radius 1 is 1.05 bits per heavy atom. The van der Waals surface area contributed by atoms with E-state index in [2.05, 4.69) is 17.6 Å². The molecule has 0 bridgehead atoms. The smallest absolute Gasteiger partial charge is 0.254 e. The third-order valence-corrected chi connectivity index (χ3v) is 8.83. The fourth-order valence-electron chi connectivity index (χ4n) is 5.27. The van der Waals surface area contributed by atoms with Gasteiger partial charge >= 0.3 is 0 Å². The lowest BCUT2D eigenvalue weighted by molar-refractivity contribution is -0.146. The van der Waals surface area contributed by atoms with Crippen LogP contribution in [-0.2, 0) is 29.0 Å². The number of nitrogen functional groups attached to an aromatic ring is 1. The highest BCUT2D eigenvalue weighted by Gasteiger charge is 2.40. The van der Waals surface area contributed by atoms with Crippen molar-refractivity contribution in [3.05, 3.63) is 100 Å². The van der Waals surface area contributed by atoms with Gasteiger partial charge in [-0.2, -0.15) is 0 Å². The molecule has 0 radical (unpaired) electrons. The molecule has 5 N–H and O–H groups in total. The van der Waals surface area contributed by atoms with Gasteiger partial charge in [0, 0.05) is 23.5 Å². The quantitative estimate of drug-likeness (QED) is 0.253. The standard InChI is InChI=1S/C33H40N4O4S/c1-4-10-25-21(2)11-8-15-26(25)31(39)36-28(17-23-12-6-5-7-13-23)30(38)33(41)37-20-42-19-29(37)32(40)35-18-24-14-9-16-27(34)22(24)3/h5-9,11-16,28-30,38H,4,10,17-20,34H2,1-3H3,(H,35,40)(H,36,39)/t28-,29-,30-/m0/s1. The van der Waals surface area contributed by atoms with Gasteiger partial charge in [0.25, 0.3) is 11.8 Å². The van der Waals surface area contributed by atoms with Crippen LogP contribution in [0.5, 0.6) is 0 Å². The van der Waals surface area contributed by atoms with Gasteiger partial charge < -0.3 is 26.4 Å². The summed E-state index contributed by atoms with van der Waals surface area (Å²) in [6.07, 6.45) is 0.337. The summed E-state index contributed by atoms with van der Waals surface area (Å²) in [5.74, 6) is -0.526. The minimum atomic E-state index is -1.54. The number of aryl methyl sites for hydroxylation is 1. The number of anilines is 1. The third kappa shape index (κ3) is 7.33. The number of benzene rings is 3. The van der Waals surface area contributed by atoms with Gasteiger partial charge in [-0.05, 0) is 66.6 Å². The van der Waals surface area contributed by atoms with Crippen LogP contribution in [0.2, 0.25) is 0 Å². The molecule has 9 heteroatoms. The molecule has 3 amide bonds. The Hall–Kier alpha value is -3.82. The predicted molar refractivity (Wildman–Crippen MR) is 168 cm³/mol. The second kappa shape index (κ2) is 14.4. The Kier molecular flexibility index (Phi) is 10.7. The third-order valence-electron chi connectivity index (χ3n) is 7.81. The number of hydrogen-bond acceptors (Lipinski definition) is 6. The van der Waals surface area contributed by atoms with Gasteiger partial charge in [0.05, 0.1) is 11.9 Å². The van der Waals surface area contributed by atoms with Crippen LogP contribution >= 0.6 is 11.8 Å². The number of carbonyl (C=O) groups is 3. The largest absolute Gasteiger partial charge is 0.399 e. The summed E-state index contributed by atoms with van der Waals surface area (Å²) in [7, 11) is 0. The van der Waals surface area contributed by atoms with E-state index in [1.54, 1.807) is 6.07 Å². The fraction of sp³-hybridized carbons (Fsp3) is 0.364. The lowest BCUT2D eigenvalue weighted by Gasteiger charge is -2.30. The molecule has 3 aromatic carbocycles. The fourth-order valence-corrected chi connectivity index (χ4v) is 6.43. The van der Waals surface area contributed by atoms with Gasteiger partial charge in [0.2, 0.25) is 5.91 Å². The van der Waals surface area contributed by atoms with Crippen molar-refractivity contribution in [3.63, 3.8) is 0 Å². The normalized spacial score (nSPS) is 16.1. The zero-order chi connectivity index (χ0) is 30.2. The molecule has 1 heterocycles. The molecule has 3 atom stereocenters. The molecular weight excluding hydrogens is 548 g/mol. The first-order valence-corrected chi connectivity index (χ1v) is 15.5. The second-order valence-corrected chi connectivity index (χ2v) is 11.7. The summed E-state index contributed by atoms with van der Waals surface area (Å²) in [6, 6.07) is 18.9. The first kappa shape index (κ1) is 31.1. The minimum absolute atomic E-state index is 0.251. The van der Waals surface area contributed by atoms with Crippen LogP contribution in [0.3, 0.4) is 0 Å². The van der Waals surface area contributed by atoms with E-state index in [9.17, 15) is 19.5 Å². The Morgan fingerprint density at radius 2 is 1.79 bits per heavy atom. The van der Waals surface area contributed by atoms with E-state index >= 15 is 0 Å². The van der Waals surface area contributed by atoms with Gasteiger partial charge in [0.15, 0.2) is 6.10 Å². The number of nitrogens with zero attached hydrogens (tertiary/aromatic N) is 1. The molecular formula is C33H40N4O4S. The molecule has 0 unspecified atom stereocenters. The summed E-state index contributed by atoms with van der Waals surface area (Å²) < 4.78 is 0. The van der Waals surface area contributed by atoms with Gasteiger partial charge in [-0.15, -0.1) is 11.8 Å². The summed E-state index contributed by atoms with van der Waals surface area (Å²) in [4.78, 5) is 41.9. The van der Waals surface area contributed by atoms with E-state index < -0.39 is 24.1 Å². The maximum atomic E-state index is 13.7. The van der Waals surface area contributed by atoms with E-state index in [1.807, 2.05) is 74.5 Å². The molecule has 0 aromatic heterocycles. The number of amides is 3. The Labute approximate surface area is 252 Å². The van der Waals surface area contributed by atoms with E-state index in [0.29, 0.717) is 17.0 Å². The first-order valence-electron chi connectivity index (χ1n) is 14.3. The van der Waals surface area contributed by atoms with E-state index in [1.165, 1.54) is 16.7 Å². The van der Waals surface area contributed by atoms with Gasteiger partial charge in [0.1, 0.15) is 6.04 Å². The molecule has 1 aliphatic rings. The van der Waals surface area contributed by atoms with Crippen molar-refractivity contribution in [2.75, 3.05) is 17.4 Å². The van der Waals surface area contributed by atoms with Crippen LogP contribution in [0, 0.1) is 13.8 Å². The number of nitrogens with two attached hydrogens (primary N) is 1. The number of hydrogen-bond donors (Lipinski definition) is 4. The molecule has 1 saturated heterocycles. The highest BCUT2D eigenvalue weighted by molar-refractivity contribution is 7.99. The van der Waals surface area contributed by atoms with Crippen LogP contribution < -0.4 is 16.4 Å². The highest BCUT2D eigenvalue weighted by atomic mass is 32.2. The molecule has 0 aliphatic carbocycles. The average molecular weight is 589 g/mol. The molecule has 1 aliphatic heterocycles. The van der Waals surface area contributed by atoms with E-state index in [-0.39, 0.29) is 30.7 Å². The highest BCUT2D eigenvalue weighted by Crippen LogP contribution is 2.24. The Bertz CT molecular complexity index is 1410. The number of aliphatic hydroxyl groups excluding tert-OH is 1. The number of aliphatic hydroxyl groups is 1. The zero-order valence-electron chi connectivity index (χ0n) is 24.4. The molecule has 1 fully saturated rings. The summed E-state index contributed by atoms with van der Waals surface area (Å²) in [6.45, 7) is 6.22. The van der Waals surface area contributed by atoms with E-state index in [4.69, 9.17) is 5.73 Å². The lowest BCUT2D eigenvalue weighted by Crippen LogP contribution is -2.56. The molecule has 0 spiro atoms. The molecule has 8 nitrogen and oxygen atoms in total. The number of nitrogens with one attached hydrogen (secondary N) is 2. The van der Waals surface area contributed by atoms with Crippen LogP contribution in [0.15, 0.2) is 66.7 Å². The molecule has 0 saturated carbocycles. The lowest BCUT2D eigenvalue weighted by atomic mass is 9.95.